The summed E-state index contributed by atoms with van der Waals surface area (Å²) in [6.45, 7) is 0.0540. The Morgan fingerprint density at radius 3 is 2.81 bits per heavy atom. The lowest BCUT2D eigenvalue weighted by atomic mass is 10.2. The van der Waals surface area contributed by atoms with E-state index in [2.05, 4.69) is 10.3 Å². The standard InChI is InChI=1S/C19H22FN3O4/c20-13-27-17-5-3-4-15(10-17)11-21-18-8-7-16(12-22-18)23(14-24)9-2-1-6-19(25)26/h3-5,7-8,10,12,14H,1-2,6,9,11,13H2,(H,21,22)(H,25,26). The number of pyridine rings is 1. The van der Waals surface area contributed by atoms with Gasteiger partial charge in [-0.05, 0) is 42.7 Å². The summed E-state index contributed by atoms with van der Waals surface area (Å²) in [4.78, 5) is 27.5. The molecule has 0 radical (unpaired) electrons. The lowest BCUT2D eigenvalue weighted by Crippen LogP contribution is -2.22. The number of hydrogen-bond acceptors (Lipinski definition) is 5. The van der Waals surface area contributed by atoms with E-state index in [1.165, 1.54) is 4.90 Å². The zero-order valence-electron chi connectivity index (χ0n) is 14.8. The number of aliphatic carboxylic acids is 1. The molecule has 1 aromatic carbocycles. The molecule has 0 bridgehead atoms. The number of rotatable bonds is 12. The normalized spacial score (nSPS) is 10.3. The smallest absolute Gasteiger partial charge is 0.303 e. The molecule has 2 rings (SSSR count). The monoisotopic (exact) mass is 375 g/mol. The Bertz CT molecular complexity index is 740. The van der Waals surface area contributed by atoms with Crippen molar-refractivity contribution in [3.8, 4) is 5.75 Å². The van der Waals surface area contributed by atoms with Crippen LogP contribution >= 0.6 is 0 Å². The van der Waals surface area contributed by atoms with Crippen molar-refractivity contribution in [3.63, 3.8) is 0 Å². The molecule has 0 saturated heterocycles. The van der Waals surface area contributed by atoms with Gasteiger partial charge in [-0.2, -0.15) is 0 Å². The number of benzene rings is 1. The summed E-state index contributed by atoms with van der Waals surface area (Å²) in [5.41, 5.74) is 1.56. The van der Waals surface area contributed by atoms with Crippen LogP contribution in [0.2, 0.25) is 0 Å². The zero-order valence-corrected chi connectivity index (χ0v) is 14.8. The first-order chi connectivity index (χ1) is 13.1. The van der Waals surface area contributed by atoms with Gasteiger partial charge in [0.05, 0.1) is 11.9 Å². The van der Waals surface area contributed by atoms with Crippen LogP contribution in [0, 0.1) is 0 Å². The average Bonchev–Trinajstić information content (AvgIpc) is 2.67. The molecular formula is C19H22FN3O4. The SMILES string of the molecule is O=CN(CCCCC(=O)O)c1ccc(NCc2cccc(OCF)c2)nc1. The highest BCUT2D eigenvalue weighted by Gasteiger charge is 2.07. The largest absolute Gasteiger partial charge is 0.481 e. The molecule has 7 nitrogen and oxygen atoms in total. The number of amides is 1. The van der Waals surface area contributed by atoms with Crippen molar-refractivity contribution in [1.82, 2.24) is 4.98 Å². The minimum absolute atomic E-state index is 0.0887. The molecule has 0 unspecified atom stereocenters. The molecule has 0 aliphatic heterocycles. The Morgan fingerprint density at radius 2 is 2.15 bits per heavy atom. The Balaban J connectivity index is 1.87. The molecule has 144 valence electrons. The predicted molar refractivity (Wildman–Crippen MR) is 99.5 cm³/mol. The second kappa shape index (κ2) is 10.7. The molecular weight excluding hydrogens is 353 g/mol. The molecule has 8 heteroatoms. The van der Waals surface area contributed by atoms with Gasteiger partial charge >= 0.3 is 5.97 Å². The third-order valence-electron chi connectivity index (χ3n) is 3.84. The van der Waals surface area contributed by atoms with Crippen LogP contribution < -0.4 is 15.0 Å². The predicted octanol–water partition coefficient (Wildman–Crippen LogP) is 3.22. The molecule has 0 aliphatic rings. The second-order valence-corrected chi connectivity index (χ2v) is 5.81. The molecule has 0 saturated carbocycles. The topological polar surface area (TPSA) is 91.8 Å². The van der Waals surface area contributed by atoms with Gasteiger partial charge in [-0.3, -0.25) is 9.59 Å². The van der Waals surface area contributed by atoms with Crippen LogP contribution in [0.4, 0.5) is 15.9 Å². The highest BCUT2D eigenvalue weighted by Crippen LogP contribution is 2.17. The van der Waals surface area contributed by atoms with E-state index in [0.29, 0.717) is 49.6 Å². The fourth-order valence-electron chi connectivity index (χ4n) is 2.46. The Kier molecular flexibility index (Phi) is 8.02. The van der Waals surface area contributed by atoms with E-state index < -0.39 is 12.8 Å². The van der Waals surface area contributed by atoms with Crippen LogP contribution in [-0.2, 0) is 16.1 Å². The maximum Gasteiger partial charge on any atom is 0.303 e. The highest BCUT2D eigenvalue weighted by atomic mass is 19.1. The summed E-state index contributed by atoms with van der Waals surface area (Å²) in [6.07, 6.45) is 3.49. The molecule has 2 aromatic rings. The van der Waals surface area contributed by atoms with Crippen molar-refractivity contribution in [2.24, 2.45) is 0 Å². The van der Waals surface area contributed by atoms with Crippen molar-refractivity contribution in [1.29, 1.82) is 0 Å². The van der Waals surface area contributed by atoms with Gasteiger partial charge in [0.2, 0.25) is 13.3 Å². The average molecular weight is 375 g/mol. The van der Waals surface area contributed by atoms with Gasteiger partial charge in [0, 0.05) is 19.5 Å². The number of ether oxygens (including phenoxy) is 1. The third kappa shape index (κ3) is 6.93. The Labute approximate surface area is 156 Å². The number of halogens is 1. The van der Waals surface area contributed by atoms with Crippen LogP contribution in [0.5, 0.6) is 5.75 Å². The summed E-state index contributed by atoms with van der Waals surface area (Å²) < 4.78 is 17.0. The third-order valence-corrected chi connectivity index (χ3v) is 3.84. The van der Waals surface area contributed by atoms with Crippen LogP contribution in [0.3, 0.4) is 0 Å². The summed E-state index contributed by atoms with van der Waals surface area (Å²) in [6, 6.07) is 10.6. The van der Waals surface area contributed by atoms with Crippen molar-refractivity contribution < 1.29 is 23.8 Å². The quantitative estimate of drug-likeness (QED) is 0.437. The van der Waals surface area contributed by atoms with Gasteiger partial charge in [0.25, 0.3) is 0 Å². The van der Waals surface area contributed by atoms with E-state index in [-0.39, 0.29) is 6.42 Å². The van der Waals surface area contributed by atoms with E-state index in [4.69, 9.17) is 9.84 Å². The summed E-state index contributed by atoms with van der Waals surface area (Å²) in [5.74, 6) is 0.253. The van der Waals surface area contributed by atoms with Gasteiger partial charge in [0.15, 0.2) is 0 Å². The minimum atomic E-state index is -0.872. The number of carbonyl (C=O) groups excluding carboxylic acids is 1. The minimum Gasteiger partial charge on any atom is -0.481 e. The number of alkyl halides is 1. The molecule has 0 spiro atoms. The fourth-order valence-corrected chi connectivity index (χ4v) is 2.46. The molecule has 0 atom stereocenters. The van der Waals surface area contributed by atoms with E-state index >= 15 is 0 Å². The molecule has 1 amide bonds. The van der Waals surface area contributed by atoms with Crippen molar-refractivity contribution in [3.05, 3.63) is 48.2 Å². The van der Waals surface area contributed by atoms with E-state index in [1.54, 1.807) is 36.5 Å². The maximum absolute atomic E-state index is 12.2. The molecule has 0 fully saturated rings. The number of aromatic nitrogens is 1. The number of nitrogens with one attached hydrogen (secondary N) is 1. The first-order valence-electron chi connectivity index (χ1n) is 8.53. The van der Waals surface area contributed by atoms with Gasteiger partial charge < -0.3 is 20.1 Å². The van der Waals surface area contributed by atoms with Crippen molar-refractivity contribution in [2.45, 2.75) is 25.8 Å². The first-order valence-corrected chi connectivity index (χ1v) is 8.53. The lowest BCUT2D eigenvalue weighted by molar-refractivity contribution is -0.137. The van der Waals surface area contributed by atoms with Gasteiger partial charge in [-0.25, -0.2) is 9.37 Å². The van der Waals surface area contributed by atoms with Crippen molar-refractivity contribution >= 4 is 23.9 Å². The van der Waals surface area contributed by atoms with Crippen LogP contribution in [0.1, 0.15) is 24.8 Å². The van der Waals surface area contributed by atoms with Crippen LogP contribution in [0.25, 0.3) is 0 Å². The van der Waals surface area contributed by atoms with E-state index in [9.17, 15) is 14.0 Å². The number of unbranched alkanes of at least 4 members (excludes halogenated alkanes) is 1. The van der Waals surface area contributed by atoms with E-state index in [0.717, 1.165) is 5.56 Å². The number of anilines is 2. The van der Waals surface area contributed by atoms with Crippen molar-refractivity contribution in [2.75, 3.05) is 23.6 Å². The molecule has 1 heterocycles. The summed E-state index contributed by atoms with van der Waals surface area (Å²) in [7, 11) is 0. The summed E-state index contributed by atoms with van der Waals surface area (Å²) >= 11 is 0. The molecule has 0 aliphatic carbocycles. The van der Waals surface area contributed by atoms with Crippen LogP contribution in [-0.4, -0.2) is 35.9 Å². The number of carbonyl (C=O) groups is 2. The van der Waals surface area contributed by atoms with E-state index in [1.807, 2.05) is 6.07 Å². The first kappa shape index (κ1) is 20.2. The zero-order chi connectivity index (χ0) is 19.5. The van der Waals surface area contributed by atoms with Gasteiger partial charge in [0.1, 0.15) is 11.6 Å². The lowest BCUT2D eigenvalue weighted by Gasteiger charge is -2.17. The Hall–Kier alpha value is -3.16. The number of hydrogen-bond donors (Lipinski definition) is 2. The summed E-state index contributed by atoms with van der Waals surface area (Å²) in [5, 5.41) is 11.8. The Morgan fingerprint density at radius 1 is 1.30 bits per heavy atom. The van der Waals surface area contributed by atoms with Gasteiger partial charge in [-0.15, -0.1) is 0 Å². The highest BCUT2D eigenvalue weighted by molar-refractivity contribution is 5.74. The molecule has 1 aromatic heterocycles. The molecule has 27 heavy (non-hydrogen) atoms. The number of carboxylic acid groups (broad SMARTS) is 1. The number of carboxylic acids is 1. The molecule has 2 N–H and O–H groups in total. The maximum atomic E-state index is 12.2. The second-order valence-electron chi connectivity index (χ2n) is 5.81. The van der Waals surface area contributed by atoms with Crippen LogP contribution in [0.15, 0.2) is 42.6 Å². The van der Waals surface area contributed by atoms with Gasteiger partial charge in [-0.1, -0.05) is 12.1 Å². The number of nitrogens with zero attached hydrogens (tertiary/aromatic N) is 2. The fraction of sp³-hybridized carbons (Fsp3) is 0.316.